The lowest BCUT2D eigenvalue weighted by molar-refractivity contribution is -0.140. The number of carboxylic acids is 1. The number of nitrogens with zero attached hydrogens (tertiary/aromatic N) is 1. The number of carbonyl (C=O) groups excluding carboxylic acids is 1. The van der Waals surface area contributed by atoms with Crippen LogP contribution in [-0.4, -0.2) is 34.8 Å². The molecule has 1 atom stereocenters. The number of halogens is 1. The third-order valence-corrected chi connectivity index (χ3v) is 5.03. The summed E-state index contributed by atoms with van der Waals surface area (Å²) in [5.74, 6) is -0.717. The lowest BCUT2D eigenvalue weighted by atomic mass is 10.1. The van der Waals surface area contributed by atoms with E-state index in [4.69, 9.17) is 26.0 Å². The number of hydrogen-bond donors (Lipinski definition) is 3. The number of rotatable bonds is 10. The van der Waals surface area contributed by atoms with Gasteiger partial charge in [-0.2, -0.15) is 0 Å². The number of hydrogen-bond acceptors (Lipinski definition) is 6. The summed E-state index contributed by atoms with van der Waals surface area (Å²) < 4.78 is 11.0. The minimum absolute atomic E-state index is 0.000102. The van der Waals surface area contributed by atoms with Gasteiger partial charge < -0.3 is 25.0 Å². The van der Waals surface area contributed by atoms with Gasteiger partial charge in [0.2, 0.25) is 0 Å². The minimum Gasteiger partial charge on any atom is -0.489 e. The smallest absolute Gasteiger partial charge is 0.307 e. The van der Waals surface area contributed by atoms with Gasteiger partial charge in [-0.1, -0.05) is 35.8 Å². The zero-order chi connectivity index (χ0) is 24.0. The summed E-state index contributed by atoms with van der Waals surface area (Å²) in [5, 5.41) is 19.1. The number of nitrogens with one attached hydrogen (secondary N) is 2. The van der Waals surface area contributed by atoms with Crippen LogP contribution in [0.25, 0.3) is 11.3 Å². The molecule has 0 radical (unpaired) electrons. The summed E-state index contributed by atoms with van der Waals surface area (Å²) in [6, 6.07) is 14.0. The standard InChI is InChI=1S/C24H26ClN3O5/c1-14(2)32-21-9-6-17(10-19(21)25)22-11-20(28-33-22)23(29)27-18-7-4-16(5-8-18)13-26-12-15(3)24(30)31/h4-11,14-15,26H,12-13H2,1-3H3,(H,27,29)(H,30,31)/t15-/m1/s1. The van der Waals surface area contributed by atoms with Crippen LogP contribution < -0.4 is 15.4 Å². The predicted molar refractivity (Wildman–Crippen MR) is 126 cm³/mol. The monoisotopic (exact) mass is 471 g/mol. The molecule has 8 nitrogen and oxygen atoms in total. The zero-order valence-electron chi connectivity index (χ0n) is 18.6. The van der Waals surface area contributed by atoms with Crippen molar-refractivity contribution in [3.05, 3.63) is 64.8 Å². The van der Waals surface area contributed by atoms with Crippen molar-refractivity contribution in [3.8, 4) is 17.1 Å². The Morgan fingerprint density at radius 2 is 1.85 bits per heavy atom. The number of anilines is 1. The van der Waals surface area contributed by atoms with Crippen LogP contribution in [0, 0.1) is 5.92 Å². The molecule has 0 aliphatic heterocycles. The van der Waals surface area contributed by atoms with Crippen LogP contribution in [0.1, 0.15) is 36.8 Å². The van der Waals surface area contributed by atoms with Gasteiger partial charge in [0, 0.05) is 30.4 Å². The fourth-order valence-corrected chi connectivity index (χ4v) is 3.17. The molecule has 33 heavy (non-hydrogen) atoms. The first kappa shape index (κ1) is 24.3. The molecule has 1 heterocycles. The molecule has 0 aliphatic carbocycles. The van der Waals surface area contributed by atoms with E-state index in [0.717, 1.165) is 5.56 Å². The van der Waals surface area contributed by atoms with E-state index in [1.165, 1.54) is 0 Å². The van der Waals surface area contributed by atoms with Crippen LogP contribution in [0.4, 0.5) is 5.69 Å². The Balaban J connectivity index is 1.58. The van der Waals surface area contributed by atoms with Crippen molar-refractivity contribution in [3.63, 3.8) is 0 Å². The van der Waals surface area contributed by atoms with Gasteiger partial charge in [0.05, 0.1) is 17.0 Å². The number of amides is 1. The van der Waals surface area contributed by atoms with E-state index in [1.807, 2.05) is 26.0 Å². The Morgan fingerprint density at radius 1 is 1.12 bits per heavy atom. The molecule has 0 unspecified atom stereocenters. The number of carbonyl (C=O) groups is 2. The van der Waals surface area contributed by atoms with E-state index in [-0.39, 0.29) is 11.8 Å². The van der Waals surface area contributed by atoms with Gasteiger partial charge in [-0.05, 0) is 49.7 Å². The van der Waals surface area contributed by atoms with Crippen molar-refractivity contribution in [2.24, 2.45) is 5.92 Å². The largest absolute Gasteiger partial charge is 0.489 e. The molecule has 2 aromatic carbocycles. The third kappa shape index (κ3) is 6.81. The van der Waals surface area contributed by atoms with E-state index < -0.39 is 17.8 Å². The van der Waals surface area contributed by atoms with Crippen LogP contribution in [0.2, 0.25) is 5.02 Å². The van der Waals surface area contributed by atoms with Gasteiger partial charge >= 0.3 is 5.97 Å². The maximum atomic E-state index is 12.5. The molecule has 0 spiro atoms. The zero-order valence-corrected chi connectivity index (χ0v) is 19.3. The highest BCUT2D eigenvalue weighted by atomic mass is 35.5. The van der Waals surface area contributed by atoms with Crippen molar-refractivity contribution < 1.29 is 24.0 Å². The second-order valence-electron chi connectivity index (χ2n) is 7.91. The van der Waals surface area contributed by atoms with Crippen LogP contribution in [0.3, 0.4) is 0 Å². The third-order valence-electron chi connectivity index (χ3n) is 4.73. The summed E-state index contributed by atoms with van der Waals surface area (Å²) in [7, 11) is 0. The maximum absolute atomic E-state index is 12.5. The molecule has 9 heteroatoms. The summed E-state index contributed by atoms with van der Waals surface area (Å²) in [4.78, 5) is 23.4. The molecule has 0 fully saturated rings. The van der Waals surface area contributed by atoms with Gasteiger partial charge in [-0.3, -0.25) is 9.59 Å². The lowest BCUT2D eigenvalue weighted by Crippen LogP contribution is -2.25. The number of aliphatic carboxylic acids is 1. The molecule has 1 aromatic heterocycles. The van der Waals surface area contributed by atoms with Crippen molar-refractivity contribution in [1.82, 2.24) is 10.5 Å². The Morgan fingerprint density at radius 3 is 2.48 bits per heavy atom. The first-order chi connectivity index (χ1) is 15.7. The van der Waals surface area contributed by atoms with Crippen molar-refractivity contribution in [1.29, 1.82) is 0 Å². The molecule has 0 aliphatic rings. The first-order valence-electron chi connectivity index (χ1n) is 10.5. The molecular weight excluding hydrogens is 446 g/mol. The molecule has 0 saturated carbocycles. The number of benzene rings is 2. The van der Waals surface area contributed by atoms with Gasteiger partial charge in [0.1, 0.15) is 5.75 Å². The normalized spacial score (nSPS) is 11.9. The molecule has 1 amide bonds. The fourth-order valence-electron chi connectivity index (χ4n) is 2.94. The quantitative estimate of drug-likeness (QED) is 0.387. The Bertz CT molecular complexity index is 1110. The maximum Gasteiger partial charge on any atom is 0.307 e. The highest BCUT2D eigenvalue weighted by Crippen LogP contribution is 2.31. The van der Waals surface area contributed by atoms with Crippen LogP contribution in [0.5, 0.6) is 5.75 Å². The number of aromatic nitrogens is 1. The SMILES string of the molecule is CC(C)Oc1ccc(-c2cc(C(=O)Nc3ccc(CNC[C@@H](C)C(=O)O)cc3)no2)cc1Cl. The van der Waals surface area contributed by atoms with E-state index >= 15 is 0 Å². The Labute approximate surface area is 196 Å². The topological polar surface area (TPSA) is 114 Å². The summed E-state index contributed by atoms with van der Waals surface area (Å²) >= 11 is 6.28. The van der Waals surface area contributed by atoms with Crippen LogP contribution in [0.15, 0.2) is 53.1 Å². The highest BCUT2D eigenvalue weighted by molar-refractivity contribution is 6.32. The van der Waals surface area contributed by atoms with E-state index in [2.05, 4.69) is 15.8 Å². The van der Waals surface area contributed by atoms with Crippen molar-refractivity contribution >= 4 is 29.2 Å². The molecule has 3 aromatic rings. The molecule has 3 rings (SSSR count). The van der Waals surface area contributed by atoms with Crippen LogP contribution in [-0.2, 0) is 11.3 Å². The number of ether oxygens (including phenoxy) is 1. The summed E-state index contributed by atoms with van der Waals surface area (Å²) in [5.41, 5.74) is 2.38. The summed E-state index contributed by atoms with van der Waals surface area (Å²) in [6.45, 7) is 6.38. The molecular formula is C24H26ClN3O5. The van der Waals surface area contributed by atoms with Gasteiger partial charge in [0.25, 0.3) is 5.91 Å². The average molecular weight is 472 g/mol. The van der Waals surface area contributed by atoms with Gasteiger partial charge in [-0.15, -0.1) is 0 Å². The second-order valence-corrected chi connectivity index (χ2v) is 8.32. The first-order valence-corrected chi connectivity index (χ1v) is 10.9. The molecule has 3 N–H and O–H groups in total. The van der Waals surface area contributed by atoms with Crippen molar-refractivity contribution in [2.45, 2.75) is 33.4 Å². The molecule has 0 bridgehead atoms. The Kier molecular flexibility index (Phi) is 8.08. The number of carboxylic acid groups (broad SMARTS) is 1. The Hall–Kier alpha value is -3.36. The minimum atomic E-state index is -0.836. The second kappa shape index (κ2) is 11.0. The predicted octanol–water partition coefficient (Wildman–Crippen LogP) is 4.84. The van der Waals surface area contributed by atoms with Crippen LogP contribution >= 0.6 is 11.6 Å². The summed E-state index contributed by atoms with van der Waals surface area (Å²) in [6.07, 6.45) is -0.000102. The fraction of sp³-hybridized carbons (Fsp3) is 0.292. The van der Waals surface area contributed by atoms with Gasteiger partial charge in [0.15, 0.2) is 11.5 Å². The van der Waals surface area contributed by atoms with E-state index in [9.17, 15) is 9.59 Å². The van der Waals surface area contributed by atoms with E-state index in [1.54, 1.807) is 43.3 Å². The van der Waals surface area contributed by atoms with E-state index in [0.29, 0.717) is 40.9 Å². The average Bonchev–Trinajstić information content (AvgIpc) is 3.26. The highest BCUT2D eigenvalue weighted by Gasteiger charge is 2.16. The van der Waals surface area contributed by atoms with Gasteiger partial charge in [-0.25, -0.2) is 0 Å². The van der Waals surface area contributed by atoms with Crippen molar-refractivity contribution in [2.75, 3.05) is 11.9 Å². The lowest BCUT2D eigenvalue weighted by Gasteiger charge is -2.11. The molecule has 0 saturated heterocycles. The molecule has 174 valence electrons.